The van der Waals surface area contributed by atoms with Crippen molar-refractivity contribution < 1.29 is 24.5 Å². The number of benzene rings is 2. The van der Waals surface area contributed by atoms with Crippen LogP contribution in [0, 0.1) is 6.92 Å². The average molecular weight is 367 g/mol. The minimum absolute atomic E-state index is 0.00514. The quantitative estimate of drug-likeness (QED) is 0.482. The Labute approximate surface area is 157 Å². The smallest absolute Gasteiger partial charge is 0.295 e. The summed E-state index contributed by atoms with van der Waals surface area (Å²) in [5.74, 6) is -1.67. The van der Waals surface area contributed by atoms with Gasteiger partial charge in [0.15, 0.2) is 0 Å². The lowest BCUT2D eigenvalue weighted by molar-refractivity contribution is -0.140. The highest BCUT2D eigenvalue weighted by Gasteiger charge is 2.45. The molecule has 0 bridgehead atoms. The second-order valence-electron chi connectivity index (χ2n) is 6.45. The first-order valence-corrected chi connectivity index (χ1v) is 8.57. The van der Waals surface area contributed by atoms with Crippen LogP contribution in [0.25, 0.3) is 5.76 Å². The zero-order valence-corrected chi connectivity index (χ0v) is 15.2. The van der Waals surface area contributed by atoms with Gasteiger partial charge >= 0.3 is 0 Å². The highest BCUT2D eigenvalue weighted by atomic mass is 16.5. The molecular weight excluding hydrogens is 346 g/mol. The van der Waals surface area contributed by atoms with E-state index in [1.54, 1.807) is 24.3 Å². The van der Waals surface area contributed by atoms with Crippen molar-refractivity contribution in [1.29, 1.82) is 0 Å². The number of ether oxygens (including phenoxy) is 1. The maximum Gasteiger partial charge on any atom is 0.295 e. The molecule has 1 aliphatic rings. The van der Waals surface area contributed by atoms with Crippen LogP contribution < -0.4 is 0 Å². The van der Waals surface area contributed by atoms with Crippen LogP contribution in [0.1, 0.15) is 22.7 Å². The highest BCUT2D eigenvalue weighted by molar-refractivity contribution is 6.46. The molecule has 140 valence electrons. The normalized spacial score (nSPS) is 18.9. The number of hydrogen-bond donors (Lipinski definition) is 2. The Morgan fingerprint density at radius 2 is 1.85 bits per heavy atom. The van der Waals surface area contributed by atoms with Gasteiger partial charge in [0.25, 0.3) is 11.7 Å². The zero-order valence-electron chi connectivity index (χ0n) is 15.2. The van der Waals surface area contributed by atoms with E-state index in [1.807, 2.05) is 19.1 Å². The summed E-state index contributed by atoms with van der Waals surface area (Å²) in [4.78, 5) is 26.7. The van der Waals surface area contributed by atoms with Crippen molar-refractivity contribution in [1.82, 2.24) is 4.90 Å². The predicted octanol–water partition coefficient (Wildman–Crippen LogP) is 2.77. The molecule has 2 aromatic rings. The van der Waals surface area contributed by atoms with Gasteiger partial charge in [-0.1, -0.05) is 42.0 Å². The van der Waals surface area contributed by atoms with Crippen molar-refractivity contribution in [3.63, 3.8) is 0 Å². The lowest BCUT2D eigenvalue weighted by Crippen LogP contribution is -2.32. The minimum atomic E-state index is -0.798. The van der Waals surface area contributed by atoms with Gasteiger partial charge in [0.1, 0.15) is 11.5 Å². The molecule has 0 unspecified atom stereocenters. The van der Waals surface area contributed by atoms with Crippen molar-refractivity contribution in [2.24, 2.45) is 0 Å². The second kappa shape index (κ2) is 7.63. The van der Waals surface area contributed by atoms with E-state index in [0.29, 0.717) is 11.1 Å². The van der Waals surface area contributed by atoms with Gasteiger partial charge in [-0.05, 0) is 24.6 Å². The number of phenolic OH excluding ortho intramolecular Hbond substituents is 1. The van der Waals surface area contributed by atoms with Crippen LogP contribution in [0.3, 0.4) is 0 Å². The number of aliphatic hydroxyl groups excluding tert-OH is 1. The van der Waals surface area contributed by atoms with Crippen LogP contribution >= 0.6 is 0 Å². The summed E-state index contributed by atoms with van der Waals surface area (Å²) < 4.78 is 5.06. The fourth-order valence-corrected chi connectivity index (χ4v) is 3.21. The van der Waals surface area contributed by atoms with Gasteiger partial charge < -0.3 is 19.8 Å². The van der Waals surface area contributed by atoms with Crippen LogP contribution in [0.4, 0.5) is 0 Å². The largest absolute Gasteiger partial charge is 0.508 e. The van der Waals surface area contributed by atoms with Gasteiger partial charge in [-0.2, -0.15) is 0 Å². The van der Waals surface area contributed by atoms with Crippen molar-refractivity contribution in [3.05, 3.63) is 70.8 Å². The number of aromatic hydroxyl groups is 1. The van der Waals surface area contributed by atoms with Gasteiger partial charge in [-0.15, -0.1) is 0 Å². The van der Waals surface area contributed by atoms with E-state index in [2.05, 4.69) is 0 Å². The lowest BCUT2D eigenvalue weighted by Gasteiger charge is -2.25. The number of phenols is 1. The molecule has 0 spiro atoms. The molecule has 1 atom stereocenters. The number of Topliss-reactive ketones (excluding diaryl/α,β-unsaturated/α-hetero) is 1. The number of ketones is 1. The average Bonchev–Trinajstić information content (AvgIpc) is 2.91. The maximum absolute atomic E-state index is 12.7. The monoisotopic (exact) mass is 367 g/mol. The summed E-state index contributed by atoms with van der Waals surface area (Å²) in [5.41, 5.74) is 2.01. The molecule has 0 aromatic heterocycles. The molecule has 2 N–H and O–H groups in total. The fourth-order valence-electron chi connectivity index (χ4n) is 3.21. The van der Waals surface area contributed by atoms with Gasteiger partial charge in [-0.25, -0.2) is 0 Å². The van der Waals surface area contributed by atoms with Gasteiger partial charge in [0.2, 0.25) is 0 Å². The number of likely N-dealkylation sites (tertiary alicyclic amines) is 1. The van der Waals surface area contributed by atoms with E-state index in [1.165, 1.54) is 24.1 Å². The summed E-state index contributed by atoms with van der Waals surface area (Å²) in [6.07, 6.45) is 0. The summed E-state index contributed by atoms with van der Waals surface area (Å²) in [6, 6.07) is 12.6. The van der Waals surface area contributed by atoms with E-state index >= 15 is 0 Å². The number of carbonyl (C=O) groups excluding carboxylic acids is 2. The van der Waals surface area contributed by atoms with E-state index in [4.69, 9.17) is 4.74 Å². The molecule has 0 saturated carbocycles. The number of hydrogen-bond acceptors (Lipinski definition) is 5. The molecular formula is C21H21NO5. The number of aliphatic hydroxyl groups is 1. The molecule has 3 rings (SSSR count). The standard InChI is InChI=1S/C21H21NO5/c1-13-6-8-14(9-7-13)19(24)17-18(15-4-3-5-16(23)12-15)22(10-11-27-2)21(26)20(17)25/h3-9,12,18,23-24H,10-11H2,1-2H3/b19-17+/t18-/m1/s1. The molecule has 1 aliphatic heterocycles. The number of methoxy groups -OCH3 is 1. The Morgan fingerprint density at radius 3 is 2.48 bits per heavy atom. The number of aryl methyl sites for hydroxylation is 1. The molecule has 1 fully saturated rings. The first-order chi connectivity index (χ1) is 12.9. The van der Waals surface area contributed by atoms with Crippen LogP contribution in [0.15, 0.2) is 54.1 Å². The maximum atomic E-state index is 12.7. The van der Waals surface area contributed by atoms with Crippen LogP contribution in [-0.2, 0) is 14.3 Å². The van der Waals surface area contributed by atoms with E-state index in [-0.39, 0.29) is 30.2 Å². The summed E-state index contributed by atoms with van der Waals surface area (Å²) in [5, 5.41) is 20.7. The molecule has 2 aromatic carbocycles. The van der Waals surface area contributed by atoms with Gasteiger partial charge in [0, 0.05) is 19.2 Å². The molecule has 27 heavy (non-hydrogen) atoms. The Hall–Kier alpha value is -3.12. The molecule has 6 nitrogen and oxygen atoms in total. The second-order valence-corrected chi connectivity index (χ2v) is 6.45. The molecule has 1 saturated heterocycles. The zero-order chi connectivity index (χ0) is 19.6. The highest BCUT2D eigenvalue weighted by Crippen LogP contribution is 2.39. The van der Waals surface area contributed by atoms with E-state index in [0.717, 1.165) is 5.56 Å². The summed E-state index contributed by atoms with van der Waals surface area (Å²) in [7, 11) is 1.51. The third kappa shape index (κ3) is 3.57. The van der Waals surface area contributed by atoms with Crippen LogP contribution in [0.2, 0.25) is 0 Å². The third-order valence-electron chi connectivity index (χ3n) is 4.59. The number of carbonyl (C=O) groups is 2. The van der Waals surface area contributed by atoms with Crippen molar-refractivity contribution in [2.45, 2.75) is 13.0 Å². The Kier molecular flexibility index (Phi) is 5.28. The Morgan fingerprint density at radius 1 is 1.15 bits per heavy atom. The summed E-state index contributed by atoms with van der Waals surface area (Å²) >= 11 is 0. The Balaban J connectivity index is 2.16. The molecule has 0 radical (unpaired) electrons. The van der Waals surface area contributed by atoms with E-state index in [9.17, 15) is 19.8 Å². The minimum Gasteiger partial charge on any atom is -0.508 e. The molecule has 1 heterocycles. The predicted molar refractivity (Wildman–Crippen MR) is 100 cm³/mol. The van der Waals surface area contributed by atoms with Crippen LogP contribution in [0.5, 0.6) is 5.75 Å². The topological polar surface area (TPSA) is 87.1 Å². The number of amides is 1. The SMILES string of the molecule is COCCN1C(=O)C(=O)/C(=C(/O)c2ccc(C)cc2)[C@H]1c1cccc(O)c1. The fraction of sp³-hybridized carbons (Fsp3) is 0.238. The van der Waals surface area contributed by atoms with Crippen LogP contribution in [-0.4, -0.2) is 47.1 Å². The van der Waals surface area contributed by atoms with Crippen molar-refractivity contribution in [3.8, 4) is 5.75 Å². The molecule has 6 heteroatoms. The number of nitrogens with zero attached hydrogens (tertiary/aromatic N) is 1. The van der Waals surface area contributed by atoms with Gasteiger partial charge in [0.05, 0.1) is 18.2 Å². The third-order valence-corrected chi connectivity index (χ3v) is 4.59. The van der Waals surface area contributed by atoms with E-state index < -0.39 is 17.7 Å². The van der Waals surface area contributed by atoms with Crippen molar-refractivity contribution in [2.75, 3.05) is 20.3 Å². The van der Waals surface area contributed by atoms with Gasteiger partial charge in [-0.3, -0.25) is 9.59 Å². The lowest BCUT2D eigenvalue weighted by atomic mass is 9.95. The number of rotatable bonds is 5. The molecule has 1 amide bonds. The summed E-state index contributed by atoms with van der Waals surface area (Å²) in [6.45, 7) is 2.35. The molecule has 0 aliphatic carbocycles. The first-order valence-electron chi connectivity index (χ1n) is 8.57. The van der Waals surface area contributed by atoms with Crippen molar-refractivity contribution >= 4 is 17.4 Å². The first kappa shape index (κ1) is 18.7. The Bertz CT molecular complexity index is 901.